The Balaban J connectivity index is 2.56. The van der Waals surface area contributed by atoms with E-state index in [2.05, 4.69) is 20.8 Å². The second-order valence-electron chi connectivity index (χ2n) is 5.67. The Bertz CT molecular complexity index is 277. The van der Waals surface area contributed by atoms with Crippen LogP contribution in [-0.4, -0.2) is 19.9 Å². The summed E-state index contributed by atoms with van der Waals surface area (Å²) in [5.74, 6) is 0.695. The normalized spacial score (nSPS) is 30.3. The first-order valence-electron chi connectivity index (χ1n) is 5.40. The van der Waals surface area contributed by atoms with Crippen molar-refractivity contribution in [1.82, 2.24) is 0 Å². The van der Waals surface area contributed by atoms with E-state index in [0.717, 1.165) is 25.7 Å². The fraction of sp³-hybridized carbons (Fsp3) is 1.00. The van der Waals surface area contributed by atoms with E-state index in [4.69, 9.17) is 0 Å². The van der Waals surface area contributed by atoms with E-state index in [9.17, 15) is 8.42 Å². The zero-order valence-electron chi connectivity index (χ0n) is 9.71. The third kappa shape index (κ3) is 2.97. The van der Waals surface area contributed by atoms with Gasteiger partial charge in [-0.1, -0.05) is 20.8 Å². The number of sulfone groups is 1. The molecular formula is C11H22O2S. The van der Waals surface area contributed by atoms with Crippen molar-refractivity contribution in [3.05, 3.63) is 0 Å². The van der Waals surface area contributed by atoms with Gasteiger partial charge < -0.3 is 0 Å². The summed E-state index contributed by atoms with van der Waals surface area (Å²) in [6.07, 6.45) is 5.24. The van der Waals surface area contributed by atoms with Crippen LogP contribution in [0.15, 0.2) is 0 Å². The highest BCUT2D eigenvalue weighted by Gasteiger charge is 2.33. The Morgan fingerprint density at radius 2 is 1.43 bits per heavy atom. The lowest BCUT2D eigenvalue weighted by Crippen LogP contribution is -2.31. The Morgan fingerprint density at radius 3 is 1.71 bits per heavy atom. The highest BCUT2D eigenvalue weighted by atomic mass is 32.2. The monoisotopic (exact) mass is 218 g/mol. The topological polar surface area (TPSA) is 34.1 Å². The summed E-state index contributed by atoms with van der Waals surface area (Å²) < 4.78 is 22.7. The third-order valence-corrected chi connectivity index (χ3v) is 5.19. The van der Waals surface area contributed by atoms with Gasteiger partial charge in [-0.15, -0.1) is 0 Å². The Kier molecular flexibility index (Phi) is 3.30. The predicted molar refractivity (Wildman–Crippen MR) is 60.0 cm³/mol. The van der Waals surface area contributed by atoms with E-state index in [-0.39, 0.29) is 5.25 Å². The summed E-state index contributed by atoms with van der Waals surface area (Å²) >= 11 is 0. The van der Waals surface area contributed by atoms with Crippen LogP contribution in [0.4, 0.5) is 0 Å². The van der Waals surface area contributed by atoms with Gasteiger partial charge in [0.05, 0.1) is 5.25 Å². The molecule has 0 aromatic rings. The molecule has 1 rings (SSSR count). The highest BCUT2D eigenvalue weighted by molar-refractivity contribution is 7.91. The fourth-order valence-electron chi connectivity index (χ4n) is 2.36. The number of hydrogen-bond donors (Lipinski definition) is 0. The highest BCUT2D eigenvalue weighted by Crippen LogP contribution is 2.39. The van der Waals surface area contributed by atoms with E-state index < -0.39 is 9.84 Å². The first kappa shape index (κ1) is 12.0. The Labute approximate surface area is 88.0 Å². The molecule has 84 valence electrons. The van der Waals surface area contributed by atoms with Gasteiger partial charge in [-0.2, -0.15) is 0 Å². The second kappa shape index (κ2) is 3.84. The van der Waals surface area contributed by atoms with Gasteiger partial charge in [-0.3, -0.25) is 0 Å². The molecule has 1 aliphatic carbocycles. The largest absolute Gasteiger partial charge is 0.229 e. The van der Waals surface area contributed by atoms with Crippen LogP contribution < -0.4 is 0 Å². The average molecular weight is 218 g/mol. The van der Waals surface area contributed by atoms with E-state index in [1.165, 1.54) is 6.26 Å². The maximum absolute atomic E-state index is 11.3. The maximum Gasteiger partial charge on any atom is 0.150 e. The SMILES string of the molecule is CC(C)(C)[C@H]1CC[C@H](S(C)(=O)=O)CC1. The molecule has 1 aliphatic rings. The van der Waals surface area contributed by atoms with Gasteiger partial charge in [0.1, 0.15) is 9.84 Å². The first-order valence-corrected chi connectivity index (χ1v) is 7.35. The molecule has 0 atom stereocenters. The van der Waals surface area contributed by atoms with Gasteiger partial charge in [-0.25, -0.2) is 8.42 Å². The van der Waals surface area contributed by atoms with Crippen molar-refractivity contribution in [3.63, 3.8) is 0 Å². The summed E-state index contributed by atoms with van der Waals surface area (Å²) in [7, 11) is -2.79. The minimum absolute atomic E-state index is 0.0684. The number of hydrogen-bond acceptors (Lipinski definition) is 2. The molecule has 0 unspecified atom stereocenters. The summed E-state index contributed by atoms with van der Waals surface area (Å²) in [6, 6.07) is 0. The third-order valence-electron chi connectivity index (χ3n) is 3.50. The molecule has 14 heavy (non-hydrogen) atoms. The molecule has 2 nitrogen and oxygen atoms in total. The Morgan fingerprint density at radius 1 is 1.00 bits per heavy atom. The van der Waals surface area contributed by atoms with Gasteiger partial charge in [0, 0.05) is 6.26 Å². The van der Waals surface area contributed by atoms with Crippen molar-refractivity contribution in [1.29, 1.82) is 0 Å². The van der Waals surface area contributed by atoms with Crippen LogP contribution in [0.1, 0.15) is 46.5 Å². The molecule has 0 radical (unpaired) electrons. The van der Waals surface area contributed by atoms with Crippen molar-refractivity contribution in [3.8, 4) is 0 Å². The molecule has 1 saturated carbocycles. The van der Waals surface area contributed by atoms with Crippen molar-refractivity contribution in [2.75, 3.05) is 6.26 Å². The van der Waals surface area contributed by atoms with Gasteiger partial charge >= 0.3 is 0 Å². The average Bonchev–Trinajstić information content (AvgIpc) is 2.01. The number of rotatable bonds is 1. The molecule has 0 aromatic carbocycles. The van der Waals surface area contributed by atoms with Crippen LogP contribution in [0, 0.1) is 11.3 Å². The van der Waals surface area contributed by atoms with Gasteiger partial charge in [0.15, 0.2) is 0 Å². The van der Waals surface area contributed by atoms with Crippen LogP contribution in [0.5, 0.6) is 0 Å². The van der Waals surface area contributed by atoms with E-state index >= 15 is 0 Å². The molecule has 0 N–H and O–H groups in total. The lowest BCUT2D eigenvalue weighted by atomic mass is 9.72. The van der Waals surface area contributed by atoms with E-state index in [1.54, 1.807) is 0 Å². The molecule has 1 fully saturated rings. The second-order valence-corrected chi connectivity index (χ2v) is 7.99. The van der Waals surface area contributed by atoms with Crippen LogP contribution in [0.3, 0.4) is 0 Å². The molecule has 0 spiro atoms. The van der Waals surface area contributed by atoms with Gasteiger partial charge in [-0.05, 0) is 37.0 Å². The Hall–Kier alpha value is -0.0500. The molecule has 0 amide bonds. The molecular weight excluding hydrogens is 196 g/mol. The minimum Gasteiger partial charge on any atom is -0.229 e. The fourth-order valence-corrected chi connectivity index (χ4v) is 3.49. The van der Waals surface area contributed by atoms with Crippen LogP contribution >= 0.6 is 0 Å². The zero-order chi connectivity index (χ0) is 11.0. The molecule has 0 aliphatic heterocycles. The summed E-state index contributed by atoms with van der Waals surface area (Å²) in [4.78, 5) is 0. The smallest absolute Gasteiger partial charge is 0.150 e. The van der Waals surface area contributed by atoms with E-state index in [0.29, 0.717) is 11.3 Å². The van der Waals surface area contributed by atoms with Crippen molar-refractivity contribution < 1.29 is 8.42 Å². The molecule has 0 saturated heterocycles. The molecule has 3 heteroatoms. The van der Waals surface area contributed by atoms with E-state index in [1.807, 2.05) is 0 Å². The van der Waals surface area contributed by atoms with Crippen LogP contribution in [0.2, 0.25) is 0 Å². The summed E-state index contributed by atoms with van der Waals surface area (Å²) in [6.45, 7) is 6.75. The maximum atomic E-state index is 11.3. The zero-order valence-corrected chi connectivity index (χ0v) is 10.5. The van der Waals surface area contributed by atoms with Gasteiger partial charge in [0.25, 0.3) is 0 Å². The standard InChI is InChI=1S/C11H22O2S/c1-11(2,3)9-5-7-10(8-6-9)14(4,12)13/h9-10H,5-8H2,1-4H3/t9-,10-. The molecule has 0 heterocycles. The quantitative estimate of drug-likeness (QED) is 0.678. The van der Waals surface area contributed by atoms with Gasteiger partial charge in [0.2, 0.25) is 0 Å². The lowest BCUT2D eigenvalue weighted by molar-refractivity contribution is 0.181. The lowest BCUT2D eigenvalue weighted by Gasteiger charge is -2.36. The van der Waals surface area contributed by atoms with Crippen molar-refractivity contribution in [2.45, 2.75) is 51.7 Å². The summed E-state index contributed by atoms with van der Waals surface area (Å²) in [5.41, 5.74) is 0.336. The first-order chi connectivity index (χ1) is 6.21. The molecule has 0 aromatic heterocycles. The van der Waals surface area contributed by atoms with Crippen molar-refractivity contribution in [2.24, 2.45) is 11.3 Å². The van der Waals surface area contributed by atoms with Crippen LogP contribution in [0.25, 0.3) is 0 Å². The van der Waals surface area contributed by atoms with Crippen molar-refractivity contribution >= 4 is 9.84 Å². The summed E-state index contributed by atoms with van der Waals surface area (Å²) in [5, 5.41) is -0.0684. The van der Waals surface area contributed by atoms with Crippen LogP contribution in [-0.2, 0) is 9.84 Å². The molecule has 0 bridgehead atoms. The minimum atomic E-state index is -2.79. The predicted octanol–water partition coefficient (Wildman–Crippen LogP) is 2.64.